The Morgan fingerprint density at radius 2 is 2.02 bits per heavy atom. The van der Waals surface area contributed by atoms with Gasteiger partial charge in [0.15, 0.2) is 0 Å². The number of nitrogens with zero attached hydrogens (tertiary/aromatic N) is 4. The van der Waals surface area contributed by atoms with Crippen molar-refractivity contribution in [2.24, 2.45) is 0 Å². The average Bonchev–Trinajstić information content (AvgIpc) is 3.72. The summed E-state index contributed by atoms with van der Waals surface area (Å²) in [7, 11) is 0. The lowest BCUT2D eigenvalue weighted by atomic mass is 9.88. The maximum absolute atomic E-state index is 13.9. The van der Waals surface area contributed by atoms with Crippen LogP contribution in [0.5, 0.6) is 0 Å². The molecule has 1 saturated carbocycles. The molecule has 0 bridgehead atoms. The fourth-order valence-electron chi connectivity index (χ4n) is 4.83. The zero-order valence-corrected chi connectivity index (χ0v) is 23.4. The molecule has 2 aromatic heterocycles. The van der Waals surface area contributed by atoms with Gasteiger partial charge in [-0.1, -0.05) is 43.6 Å². The lowest BCUT2D eigenvalue weighted by Crippen LogP contribution is -2.38. The van der Waals surface area contributed by atoms with E-state index in [2.05, 4.69) is 51.5 Å². The molecular formula is C31H30ClFN8. The molecule has 4 aromatic rings. The van der Waals surface area contributed by atoms with Gasteiger partial charge in [-0.3, -0.25) is 15.0 Å². The third kappa shape index (κ3) is 5.62. The second kappa shape index (κ2) is 10.9. The van der Waals surface area contributed by atoms with Crippen molar-refractivity contribution in [3.05, 3.63) is 107 Å². The molecule has 1 atom stereocenters. The van der Waals surface area contributed by atoms with Crippen LogP contribution in [0.4, 0.5) is 15.8 Å². The Bertz CT molecular complexity index is 1700. The van der Waals surface area contributed by atoms with E-state index in [1.54, 1.807) is 24.4 Å². The van der Waals surface area contributed by atoms with Crippen molar-refractivity contribution in [1.29, 1.82) is 5.26 Å². The minimum atomic E-state index is -1.53. The number of fused-ring (bicyclic) bond motifs is 1. The third-order valence-corrected chi connectivity index (χ3v) is 7.60. The SMILES string of the molecule is [2H][C@](Nc1cc(Cl)c2ncc(C#N)c(NCC(C)(C)c3ccccn3)c2c1)(C1=CN(C2CC2)NN1)c1ccc(F)cc1. The zero-order chi connectivity index (χ0) is 29.5. The monoisotopic (exact) mass is 569 g/mol. The molecule has 0 saturated heterocycles. The molecule has 1 aliphatic heterocycles. The smallest absolute Gasteiger partial charge is 0.123 e. The molecule has 2 aromatic carbocycles. The molecule has 1 aliphatic carbocycles. The van der Waals surface area contributed by atoms with Crippen molar-refractivity contribution < 1.29 is 5.76 Å². The lowest BCUT2D eigenvalue weighted by molar-refractivity contribution is 0.260. The molecule has 3 heterocycles. The molecule has 8 nitrogen and oxygen atoms in total. The molecule has 2 aliphatic rings. The maximum Gasteiger partial charge on any atom is 0.123 e. The van der Waals surface area contributed by atoms with Crippen LogP contribution < -0.4 is 21.6 Å². The molecular weight excluding hydrogens is 539 g/mol. The van der Waals surface area contributed by atoms with Crippen molar-refractivity contribution in [1.82, 2.24) is 25.9 Å². The van der Waals surface area contributed by atoms with Gasteiger partial charge in [-0.05, 0) is 54.8 Å². The predicted octanol–water partition coefficient (Wildman–Crippen LogP) is 6.17. The number of anilines is 2. The highest BCUT2D eigenvalue weighted by Gasteiger charge is 2.32. The van der Waals surface area contributed by atoms with E-state index in [9.17, 15) is 11.0 Å². The molecule has 0 amide bonds. The maximum atomic E-state index is 13.9. The Morgan fingerprint density at radius 3 is 2.73 bits per heavy atom. The van der Waals surface area contributed by atoms with Gasteiger partial charge in [-0.2, -0.15) is 5.26 Å². The van der Waals surface area contributed by atoms with Gasteiger partial charge in [-0.15, -0.1) is 5.53 Å². The van der Waals surface area contributed by atoms with Crippen molar-refractivity contribution in [2.75, 3.05) is 17.2 Å². The lowest BCUT2D eigenvalue weighted by Gasteiger charge is -2.26. The predicted molar refractivity (Wildman–Crippen MR) is 159 cm³/mol. The van der Waals surface area contributed by atoms with Crippen LogP contribution in [0.2, 0.25) is 5.02 Å². The zero-order valence-electron chi connectivity index (χ0n) is 23.7. The Labute approximate surface area is 244 Å². The summed E-state index contributed by atoms with van der Waals surface area (Å²) in [6.07, 6.45) is 7.27. The van der Waals surface area contributed by atoms with Crippen LogP contribution in [-0.2, 0) is 5.41 Å². The van der Waals surface area contributed by atoms with Crippen molar-refractivity contribution in [3.63, 3.8) is 0 Å². The van der Waals surface area contributed by atoms with Gasteiger partial charge >= 0.3 is 0 Å². The van der Waals surface area contributed by atoms with E-state index in [1.807, 2.05) is 35.5 Å². The van der Waals surface area contributed by atoms with Gasteiger partial charge in [0.25, 0.3) is 0 Å². The molecule has 0 spiro atoms. The first-order chi connectivity index (χ1) is 20.2. The van der Waals surface area contributed by atoms with Crippen molar-refractivity contribution in [2.45, 2.75) is 44.2 Å². The second-order valence-corrected chi connectivity index (χ2v) is 11.3. The summed E-state index contributed by atoms with van der Waals surface area (Å²) in [5.41, 5.74) is 9.89. The minimum Gasteiger partial charge on any atom is -0.382 e. The fourth-order valence-corrected chi connectivity index (χ4v) is 5.10. The molecule has 0 radical (unpaired) electrons. The number of halogens is 2. The summed E-state index contributed by atoms with van der Waals surface area (Å²) >= 11 is 6.76. The van der Waals surface area contributed by atoms with Crippen LogP contribution >= 0.6 is 11.6 Å². The van der Waals surface area contributed by atoms with E-state index in [-0.39, 0.29) is 11.2 Å². The summed E-state index contributed by atoms with van der Waals surface area (Å²) in [5.74, 6) is -0.389. The number of hydrazine groups is 2. The topological polar surface area (TPSA) is 101 Å². The van der Waals surface area contributed by atoms with E-state index in [4.69, 9.17) is 11.6 Å². The molecule has 6 rings (SSSR count). The summed E-state index contributed by atoms with van der Waals surface area (Å²) in [6, 6.07) is 16.3. The number of pyridine rings is 2. The largest absolute Gasteiger partial charge is 0.382 e. The summed E-state index contributed by atoms with van der Waals surface area (Å²) in [5, 5.41) is 19.7. The molecule has 1 fully saturated rings. The van der Waals surface area contributed by atoms with Crippen LogP contribution in [0.1, 0.15) is 50.9 Å². The van der Waals surface area contributed by atoms with Crippen LogP contribution in [-0.4, -0.2) is 27.6 Å². The third-order valence-electron chi connectivity index (χ3n) is 7.31. The van der Waals surface area contributed by atoms with Gasteiger partial charge in [-0.25, -0.2) is 4.39 Å². The van der Waals surface area contributed by atoms with Crippen LogP contribution in [0.15, 0.2) is 78.9 Å². The first-order valence-electron chi connectivity index (χ1n) is 13.9. The highest BCUT2D eigenvalue weighted by Crippen LogP contribution is 2.37. The van der Waals surface area contributed by atoms with E-state index in [1.165, 1.54) is 18.3 Å². The second-order valence-electron chi connectivity index (χ2n) is 10.9. The average molecular weight is 570 g/mol. The fraction of sp³-hybridized carbons (Fsp3) is 0.258. The number of hydrogen-bond acceptors (Lipinski definition) is 8. The normalized spacial score (nSPS) is 16.8. The number of hydrogen-bond donors (Lipinski definition) is 4. The number of nitriles is 1. The first-order valence-corrected chi connectivity index (χ1v) is 13.8. The van der Waals surface area contributed by atoms with E-state index in [0.29, 0.717) is 56.7 Å². The van der Waals surface area contributed by atoms with Gasteiger partial charge in [0, 0.05) is 53.4 Å². The van der Waals surface area contributed by atoms with E-state index < -0.39 is 6.02 Å². The molecule has 4 N–H and O–H groups in total. The van der Waals surface area contributed by atoms with Crippen molar-refractivity contribution in [3.8, 4) is 6.07 Å². The van der Waals surface area contributed by atoms with Gasteiger partial charge in [0.2, 0.25) is 0 Å². The standard InChI is InChI=1S/C31H30ClFN8/c1-31(2,27-5-3-4-12-35-27)18-37-28-20(15-34)16-36-30-24(28)13-22(14-25(30)32)38-29(19-6-8-21(33)9-7-19)26-17-41(40-39-26)23-10-11-23/h3-9,12-14,16-17,23,29,38-40H,10-11,18H2,1-2H3,(H,36,37)/t29-/m1/s1/i29D. The number of nitrogens with one attached hydrogen (secondary N) is 4. The Hall–Kier alpha value is -4.39. The first kappa shape index (κ1) is 25.6. The van der Waals surface area contributed by atoms with Crippen molar-refractivity contribution >= 4 is 33.9 Å². The van der Waals surface area contributed by atoms with Gasteiger partial charge in [0.1, 0.15) is 11.9 Å². The Balaban J connectivity index is 1.40. The summed E-state index contributed by atoms with van der Waals surface area (Å²) < 4.78 is 23.5. The quantitative estimate of drug-likeness (QED) is 0.190. The highest BCUT2D eigenvalue weighted by molar-refractivity contribution is 6.35. The highest BCUT2D eigenvalue weighted by atomic mass is 35.5. The molecule has 208 valence electrons. The summed E-state index contributed by atoms with van der Waals surface area (Å²) in [4.78, 5) is 8.99. The van der Waals surface area contributed by atoms with Crippen LogP contribution in [0.25, 0.3) is 10.9 Å². The number of aromatic nitrogens is 2. The van der Waals surface area contributed by atoms with Crippen LogP contribution in [0, 0.1) is 17.1 Å². The minimum absolute atomic E-state index is 0.344. The van der Waals surface area contributed by atoms with Gasteiger partial charge in [0.05, 0.1) is 34.9 Å². The molecule has 10 heteroatoms. The van der Waals surface area contributed by atoms with E-state index in [0.717, 1.165) is 18.5 Å². The van der Waals surface area contributed by atoms with E-state index >= 15 is 0 Å². The molecule has 0 unspecified atom stereocenters. The van der Waals surface area contributed by atoms with Gasteiger partial charge < -0.3 is 16.1 Å². The number of rotatable bonds is 9. The number of benzene rings is 2. The van der Waals surface area contributed by atoms with Crippen LogP contribution in [0.3, 0.4) is 0 Å². The molecule has 41 heavy (non-hydrogen) atoms. The Morgan fingerprint density at radius 1 is 1.22 bits per heavy atom. The summed E-state index contributed by atoms with van der Waals surface area (Å²) in [6.45, 7) is 4.65. The Kier molecular flexibility index (Phi) is 6.79.